The van der Waals surface area contributed by atoms with E-state index >= 15 is 0 Å². The molecule has 0 aliphatic carbocycles. The minimum absolute atomic E-state index is 0.513. The van der Waals surface area contributed by atoms with Gasteiger partial charge in [0.15, 0.2) is 0 Å². The van der Waals surface area contributed by atoms with Gasteiger partial charge in [-0.3, -0.25) is 0 Å². The van der Waals surface area contributed by atoms with Crippen LogP contribution in [0.5, 0.6) is 0 Å². The third kappa shape index (κ3) is 1.99. The first-order valence-electron chi connectivity index (χ1n) is 5.16. The van der Waals surface area contributed by atoms with Crippen molar-refractivity contribution in [2.75, 3.05) is 19.8 Å². The largest absolute Gasteiger partial charge is 0.381 e. The molecule has 0 saturated carbocycles. The summed E-state index contributed by atoms with van der Waals surface area (Å²) in [5.74, 6) is 0.694. The van der Waals surface area contributed by atoms with Crippen molar-refractivity contribution in [3.63, 3.8) is 0 Å². The van der Waals surface area contributed by atoms with Crippen molar-refractivity contribution in [2.24, 2.45) is 5.92 Å². The summed E-state index contributed by atoms with van der Waals surface area (Å²) in [6.45, 7) is 2.87. The molecule has 0 aromatic rings. The zero-order valence-electron chi connectivity index (χ0n) is 7.63. The van der Waals surface area contributed by atoms with Gasteiger partial charge in [-0.1, -0.05) is 0 Å². The number of rotatable bonds is 1. The fourth-order valence-corrected chi connectivity index (χ4v) is 2.20. The van der Waals surface area contributed by atoms with E-state index in [9.17, 15) is 0 Å². The van der Waals surface area contributed by atoms with Gasteiger partial charge in [0, 0.05) is 19.1 Å². The Balaban J connectivity index is 1.80. The van der Waals surface area contributed by atoms with E-state index in [0.29, 0.717) is 12.0 Å². The maximum atomic E-state index is 5.74. The summed E-state index contributed by atoms with van der Waals surface area (Å²) < 4.78 is 11.2. The quantitative estimate of drug-likeness (QED) is 0.599. The number of hydrogen-bond donors (Lipinski definition) is 0. The Bertz CT molecular complexity index is 108. The third-order valence-corrected chi connectivity index (χ3v) is 2.94. The Morgan fingerprint density at radius 1 is 0.917 bits per heavy atom. The van der Waals surface area contributed by atoms with Crippen LogP contribution in [0.2, 0.25) is 0 Å². The van der Waals surface area contributed by atoms with Crippen molar-refractivity contribution in [1.29, 1.82) is 0 Å². The highest BCUT2D eigenvalue weighted by Crippen LogP contribution is 2.26. The topological polar surface area (TPSA) is 18.5 Å². The molecule has 0 bridgehead atoms. The molecule has 0 aromatic carbocycles. The Kier molecular flexibility index (Phi) is 3.01. The van der Waals surface area contributed by atoms with E-state index < -0.39 is 0 Å². The molecule has 0 spiro atoms. The molecule has 2 heteroatoms. The van der Waals surface area contributed by atoms with Crippen molar-refractivity contribution in [1.82, 2.24) is 0 Å². The van der Waals surface area contributed by atoms with Crippen LogP contribution in [0.25, 0.3) is 0 Å². The molecular weight excluding hydrogens is 152 g/mol. The molecule has 2 unspecified atom stereocenters. The maximum absolute atomic E-state index is 5.74. The molecular formula is C10H18O2. The average molecular weight is 170 g/mol. The number of hydrogen-bond acceptors (Lipinski definition) is 2. The van der Waals surface area contributed by atoms with Crippen LogP contribution in [0, 0.1) is 5.92 Å². The lowest BCUT2D eigenvalue weighted by Gasteiger charge is -2.32. The van der Waals surface area contributed by atoms with Gasteiger partial charge in [-0.2, -0.15) is 0 Å². The Labute approximate surface area is 74.2 Å². The SMILES string of the molecule is C1CCC(C2CCCOC2)OC1. The first-order chi connectivity index (χ1) is 5.97. The maximum Gasteiger partial charge on any atom is 0.0625 e. The molecule has 0 N–H and O–H groups in total. The molecule has 0 amide bonds. The summed E-state index contributed by atoms with van der Waals surface area (Å²) in [4.78, 5) is 0. The molecule has 2 nitrogen and oxygen atoms in total. The predicted molar refractivity (Wildman–Crippen MR) is 47.1 cm³/mol. The van der Waals surface area contributed by atoms with Crippen molar-refractivity contribution in [3.05, 3.63) is 0 Å². The van der Waals surface area contributed by atoms with E-state index in [0.717, 1.165) is 19.8 Å². The first-order valence-corrected chi connectivity index (χ1v) is 5.16. The summed E-state index contributed by atoms with van der Waals surface area (Å²) in [6.07, 6.45) is 6.91. The summed E-state index contributed by atoms with van der Waals surface area (Å²) in [5, 5.41) is 0. The highest BCUT2D eigenvalue weighted by molar-refractivity contribution is 4.75. The minimum Gasteiger partial charge on any atom is -0.381 e. The lowest BCUT2D eigenvalue weighted by Crippen LogP contribution is -2.33. The summed E-state index contributed by atoms with van der Waals surface area (Å²) >= 11 is 0. The smallest absolute Gasteiger partial charge is 0.0625 e. The van der Waals surface area contributed by atoms with Gasteiger partial charge in [-0.15, -0.1) is 0 Å². The van der Waals surface area contributed by atoms with Gasteiger partial charge in [-0.05, 0) is 32.1 Å². The molecule has 2 aliphatic rings. The molecule has 2 aliphatic heterocycles. The summed E-state index contributed by atoms with van der Waals surface area (Å²) in [5.41, 5.74) is 0. The second-order valence-electron chi connectivity index (χ2n) is 3.88. The lowest BCUT2D eigenvalue weighted by atomic mass is 9.91. The monoisotopic (exact) mass is 170 g/mol. The Hall–Kier alpha value is -0.0800. The van der Waals surface area contributed by atoms with Gasteiger partial charge in [0.05, 0.1) is 12.7 Å². The molecule has 12 heavy (non-hydrogen) atoms. The second-order valence-corrected chi connectivity index (χ2v) is 3.88. The van der Waals surface area contributed by atoms with Crippen LogP contribution in [0.1, 0.15) is 32.1 Å². The van der Waals surface area contributed by atoms with Gasteiger partial charge in [0.1, 0.15) is 0 Å². The molecule has 2 atom stereocenters. The van der Waals surface area contributed by atoms with Crippen molar-refractivity contribution in [3.8, 4) is 0 Å². The summed E-state index contributed by atoms with van der Waals surface area (Å²) in [6, 6.07) is 0. The van der Waals surface area contributed by atoms with Gasteiger partial charge < -0.3 is 9.47 Å². The van der Waals surface area contributed by atoms with Crippen molar-refractivity contribution in [2.45, 2.75) is 38.2 Å². The van der Waals surface area contributed by atoms with Gasteiger partial charge >= 0.3 is 0 Å². The van der Waals surface area contributed by atoms with E-state index in [1.165, 1.54) is 32.1 Å². The molecule has 2 saturated heterocycles. The molecule has 2 heterocycles. The number of ether oxygens (including phenoxy) is 2. The van der Waals surface area contributed by atoms with Crippen LogP contribution in [0.15, 0.2) is 0 Å². The van der Waals surface area contributed by atoms with Crippen molar-refractivity contribution < 1.29 is 9.47 Å². The zero-order chi connectivity index (χ0) is 8.23. The standard InChI is InChI=1S/C10H18O2/c1-2-7-12-10(5-1)9-4-3-6-11-8-9/h9-10H,1-8H2. The van der Waals surface area contributed by atoms with E-state index in [-0.39, 0.29) is 0 Å². The van der Waals surface area contributed by atoms with Gasteiger partial charge in [0.2, 0.25) is 0 Å². The fraction of sp³-hybridized carbons (Fsp3) is 1.00. The fourth-order valence-electron chi connectivity index (χ4n) is 2.20. The zero-order valence-corrected chi connectivity index (χ0v) is 7.63. The van der Waals surface area contributed by atoms with Crippen LogP contribution < -0.4 is 0 Å². The van der Waals surface area contributed by atoms with Gasteiger partial charge in [-0.25, -0.2) is 0 Å². The van der Waals surface area contributed by atoms with E-state index in [1.54, 1.807) is 0 Å². The minimum atomic E-state index is 0.513. The van der Waals surface area contributed by atoms with Crippen molar-refractivity contribution >= 4 is 0 Å². The molecule has 0 radical (unpaired) electrons. The molecule has 2 rings (SSSR count). The van der Waals surface area contributed by atoms with Crippen LogP contribution in [0.4, 0.5) is 0 Å². The van der Waals surface area contributed by atoms with Crippen LogP contribution >= 0.6 is 0 Å². The van der Waals surface area contributed by atoms with E-state index in [2.05, 4.69) is 0 Å². The first kappa shape index (κ1) is 8.52. The van der Waals surface area contributed by atoms with E-state index in [1.807, 2.05) is 0 Å². The highest BCUT2D eigenvalue weighted by atomic mass is 16.5. The van der Waals surface area contributed by atoms with E-state index in [4.69, 9.17) is 9.47 Å². The lowest BCUT2D eigenvalue weighted by molar-refractivity contribution is -0.0668. The predicted octanol–water partition coefficient (Wildman–Crippen LogP) is 1.98. The Morgan fingerprint density at radius 2 is 1.92 bits per heavy atom. The molecule has 2 fully saturated rings. The highest BCUT2D eigenvalue weighted by Gasteiger charge is 2.26. The van der Waals surface area contributed by atoms with Crippen LogP contribution in [-0.4, -0.2) is 25.9 Å². The average Bonchev–Trinajstić information content (AvgIpc) is 2.21. The van der Waals surface area contributed by atoms with Gasteiger partial charge in [0.25, 0.3) is 0 Å². The Morgan fingerprint density at radius 3 is 2.58 bits per heavy atom. The van der Waals surface area contributed by atoms with Crippen LogP contribution in [0.3, 0.4) is 0 Å². The second kappa shape index (κ2) is 4.24. The third-order valence-electron chi connectivity index (χ3n) is 2.94. The molecule has 70 valence electrons. The summed E-state index contributed by atoms with van der Waals surface area (Å²) in [7, 11) is 0. The van der Waals surface area contributed by atoms with Crippen LogP contribution in [-0.2, 0) is 9.47 Å². The normalized spacial score (nSPS) is 38.0. The molecule has 0 aromatic heterocycles.